The minimum Gasteiger partial charge on any atom is -0.309 e. The van der Waals surface area contributed by atoms with Crippen molar-refractivity contribution in [1.82, 2.24) is 18.9 Å². The van der Waals surface area contributed by atoms with E-state index in [-0.39, 0.29) is 0 Å². The normalized spacial score (nSPS) is 12.2. The van der Waals surface area contributed by atoms with E-state index >= 15 is 0 Å². The summed E-state index contributed by atoms with van der Waals surface area (Å²) in [4.78, 5) is 10.1. The van der Waals surface area contributed by atoms with Gasteiger partial charge < -0.3 is 8.97 Å². The number of hydrogen-bond acceptors (Lipinski definition) is 2. The third-order valence-corrected chi connectivity index (χ3v) is 10.1. The highest BCUT2D eigenvalue weighted by Gasteiger charge is 2.21. The predicted octanol–water partition coefficient (Wildman–Crippen LogP) is 11.2. The van der Waals surface area contributed by atoms with Crippen molar-refractivity contribution in [1.29, 1.82) is 0 Å². The van der Waals surface area contributed by atoms with Gasteiger partial charge >= 0.3 is 0 Å². The molecular formula is C44H26N4. The molecule has 0 spiro atoms. The standard InChI is InChI=1S/C44H26N4/c1-2-11-27(12-3-1)42-34-14-4-6-18-35(34)45-44(46-42)28-23-25-29(26-24-28)47-37-20-9-15-31-33-17-8-16-32-30-13-5-7-19-36(30)48(43(32)33)39-22-10-21-38(47)41(39)40(31)37/h1-26H. The Morgan fingerprint density at radius 3 is 1.83 bits per heavy atom. The zero-order chi connectivity index (χ0) is 31.3. The van der Waals surface area contributed by atoms with Crippen LogP contribution < -0.4 is 0 Å². The Bertz CT molecular complexity index is 3040. The fourth-order valence-electron chi connectivity index (χ4n) is 8.05. The first-order valence-corrected chi connectivity index (χ1v) is 16.4. The maximum Gasteiger partial charge on any atom is 0.160 e. The maximum absolute atomic E-state index is 5.11. The third kappa shape index (κ3) is 3.38. The molecule has 4 aromatic heterocycles. The summed E-state index contributed by atoms with van der Waals surface area (Å²) >= 11 is 0. The van der Waals surface area contributed by atoms with Crippen LogP contribution >= 0.6 is 0 Å². The van der Waals surface area contributed by atoms with Gasteiger partial charge in [-0.05, 0) is 60.0 Å². The SMILES string of the molecule is c1ccc(-c2nc(-c3ccc(-n4c5cccc6c7cccc8c9ccccc9n(c9cccc4c9c65)c78)cc3)nc3ccccc23)cc1. The number of benzene rings is 7. The van der Waals surface area contributed by atoms with Gasteiger partial charge in [0.15, 0.2) is 5.82 Å². The van der Waals surface area contributed by atoms with Crippen LogP contribution in [0, 0.1) is 0 Å². The second-order valence-corrected chi connectivity index (χ2v) is 12.6. The van der Waals surface area contributed by atoms with E-state index in [0.29, 0.717) is 0 Å². The second-order valence-electron chi connectivity index (χ2n) is 12.6. The van der Waals surface area contributed by atoms with Gasteiger partial charge in [-0.2, -0.15) is 0 Å². The fourth-order valence-corrected chi connectivity index (χ4v) is 8.05. The molecule has 0 aliphatic heterocycles. The molecule has 0 amide bonds. The van der Waals surface area contributed by atoms with E-state index < -0.39 is 0 Å². The van der Waals surface area contributed by atoms with Crippen molar-refractivity contribution in [3.8, 4) is 28.3 Å². The molecule has 0 atom stereocenters. The van der Waals surface area contributed by atoms with Gasteiger partial charge in [0.1, 0.15) is 0 Å². The Kier molecular flexibility index (Phi) is 5.08. The predicted molar refractivity (Wildman–Crippen MR) is 199 cm³/mol. The quantitative estimate of drug-likeness (QED) is 0.199. The van der Waals surface area contributed by atoms with Crippen LogP contribution in [-0.2, 0) is 0 Å². The topological polar surface area (TPSA) is 35.1 Å². The van der Waals surface area contributed by atoms with Gasteiger partial charge in [-0.25, -0.2) is 9.97 Å². The van der Waals surface area contributed by atoms with E-state index in [0.717, 1.165) is 39.2 Å². The lowest BCUT2D eigenvalue weighted by Crippen LogP contribution is -1.97. The summed E-state index contributed by atoms with van der Waals surface area (Å²) in [5.74, 6) is 0.723. The van der Waals surface area contributed by atoms with Crippen LogP contribution in [0.2, 0.25) is 0 Å². The minimum atomic E-state index is 0.723. The van der Waals surface area contributed by atoms with Crippen molar-refractivity contribution < 1.29 is 0 Å². The van der Waals surface area contributed by atoms with Gasteiger partial charge in [-0.1, -0.05) is 103 Å². The van der Waals surface area contributed by atoms with Crippen molar-refractivity contribution in [2.45, 2.75) is 0 Å². The van der Waals surface area contributed by atoms with Crippen LogP contribution in [0.3, 0.4) is 0 Å². The first-order valence-electron chi connectivity index (χ1n) is 16.4. The summed E-state index contributed by atoms with van der Waals surface area (Å²) in [6, 6.07) is 56.4. The molecule has 0 N–H and O–H groups in total. The molecule has 0 saturated carbocycles. The highest BCUT2D eigenvalue weighted by atomic mass is 15.0. The Morgan fingerprint density at radius 2 is 0.979 bits per heavy atom. The van der Waals surface area contributed by atoms with Gasteiger partial charge in [0, 0.05) is 49.1 Å². The molecule has 0 unspecified atom stereocenters. The van der Waals surface area contributed by atoms with Crippen LogP contribution in [0.1, 0.15) is 0 Å². The summed E-state index contributed by atoms with van der Waals surface area (Å²) in [6.07, 6.45) is 0. The number of aromatic nitrogens is 4. The van der Waals surface area contributed by atoms with E-state index in [1.807, 2.05) is 18.2 Å². The Balaban J connectivity index is 1.17. The second kappa shape index (κ2) is 9.50. The van der Waals surface area contributed by atoms with E-state index in [1.54, 1.807) is 0 Å². The van der Waals surface area contributed by atoms with Crippen molar-refractivity contribution in [2.24, 2.45) is 0 Å². The van der Waals surface area contributed by atoms with Crippen LogP contribution in [-0.4, -0.2) is 18.9 Å². The Labute approximate surface area is 275 Å². The van der Waals surface area contributed by atoms with Gasteiger partial charge in [0.25, 0.3) is 0 Å². The van der Waals surface area contributed by atoms with Gasteiger partial charge in [-0.15, -0.1) is 0 Å². The molecule has 48 heavy (non-hydrogen) atoms. The van der Waals surface area contributed by atoms with E-state index in [1.165, 1.54) is 59.9 Å². The monoisotopic (exact) mass is 610 g/mol. The van der Waals surface area contributed by atoms with E-state index in [9.17, 15) is 0 Å². The lowest BCUT2D eigenvalue weighted by Gasteiger charge is -2.11. The van der Waals surface area contributed by atoms with E-state index in [2.05, 4.69) is 148 Å². The molecular weight excluding hydrogens is 585 g/mol. The van der Waals surface area contributed by atoms with Crippen LogP contribution in [0.5, 0.6) is 0 Å². The summed E-state index contributed by atoms with van der Waals surface area (Å²) < 4.78 is 4.89. The molecule has 0 fully saturated rings. The largest absolute Gasteiger partial charge is 0.309 e. The zero-order valence-corrected chi connectivity index (χ0v) is 25.8. The average Bonchev–Trinajstić information content (AvgIpc) is 3.64. The fraction of sp³-hybridized carbons (Fsp3) is 0. The molecule has 0 radical (unpaired) electrons. The summed E-state index contributed by atoms with van der Waals surface area (Å²) in [5, 5.41) is 8.72. The third-order valence-electron chi connectivity index (χ3n) is 10.1. The van der Waals surface area contributed by atoms with Crippen LogP contribution in [0.25, 0.3) is 99.1 Å². The molecule has 7 aromatic carbocycles. The van der Waals surface area contributed by atoms with Crippen molar-refractivity contribution in [3.05, 3.63) is 158 Å². The minimum absolute atomic E-state index is 0.723. The summed E-state index contributed by atoms with van der Waals surface area (Å²) in [7, 11) is 0. The average molecular weight is 611 g/mol. The summed E-state index contributed by atoms with van der Waals surface area (Å²) in [6.45, 7) is 0. The molecule has 4 heteroatoms. The zero-order valence-electron chi connectivity index (χ0n) is 25.8. The first-order chi connectivity index (χ1) is 23.8. The maximum atomic E-state index is 5.11. The van der Waals surface area contributed by atoms with Crippen molar-refractivity contribution in [2.75, 3.05) is 0 Å². The van der Waals surface area contributed by atoms with Crippen LogP contribution in [0.15, 0.2) is 158 Å². The smallest absolute Gasteiger partial charge is 0.160 e. The van der Waals surface area contributed by atoms with Crippen LogP contribution in [0.4, 0.5) is 0 Å². The molecule has 11 rings (SSSR count). The Morgan fingerprint density at radius 1 is 0.375 bits per heavy atom. The first kappa shape index (κ1) is 25.6. The lowest BCUT2D eigenvalue weighted by molar-refractivity contribution is 1.17. The van der Waals surface area contributed by atoms with Crippen molar-refractivity contribution in [3.63, 3.8) is 0 Å². The molecule has 4 nitrogen and oxygen atoms in total. The molecule has 0 bridgehead atoms. The van der Waals surface area contributed by atoms with Gasteiger partial charge in [0.05, 0.1) is 38.8 Å². The van der Waals surface area contributed by atoms with Gasteiger partial charge in [-0.3, -0.25) is 0 Å². The molecule has 222 valence electrons. The highest BCUT2D eigenvalue weighted by molar-refractivity contribution is 6.31. The number of hydrogen-bond donors (Lipinski definition) is 0. The van der Waals surface area contributed by atoms with Gasteiger partial charge in [0.2, 0.25) is 0 Å². The number of rotatable bonds is 3. The van der Waals surface area contributed by atoms with Crippen molar-refractivity contribution >= 4 is 70.8 Å². The molecule has 4 heterocycles. The lowest BCUT2D eigenvalue weighted by atomic mass is 10.0. The molecule has 0 aliphatic rings. The Hall–Kier alpha value is -6.52. The summed E-state index contributed by atoms with van der Waals surface area (Å²) in [5.41, 5.74) is 11.2. The number of nitrogens with zero attached hydrogens (tertiary/aromatic N) is 4. The number of para-hydroxylation sites is 3. The molecule has 0 aliphatic carbocycles. The molecule has 11 aromatic rings. The number of fused-ring (bicyclic) bond motifs is 6. The van der Waals surface area contributed by atoms with E-state index in [4.69, 9.17) is 9.97 Å². The molecule has 0 saturated heterocycles. The highest BCUT2D eigenvalue weighted by Crippen LogP contribution is 2.44.